The first-order valence-electron chi connectivity index (χ1n) is 9.80. The Balaban J connectivity index is 1.35. The average molecular weight is 466 g/mol. The van der Waals surface area contributed by atoms with Gasteiger partial charge in [-0.25, -0.2) is 8.78 Å². The van der Waals surface area contributed by atoms with Crippen molar-refractivity contribution < 1.29 is 13.6 Å². The van der Waals surface area contributed by atoms with E-state index in [-0.39, 0.29) is 5.91 Å². The molecule has 8 heteroatoms. The summed E-state index contributed by atoms with van der Waals surface area (Å²) in [5.41, 5.74) is 4.45. The molecule has 4 nitrogen and oxygen atoms in total. The molecule has 1 N–H and O–H groups in total. The van der Waals surface area contributed by atoms with E-state index in [1.54, 1.807) is 28.6 Å². The Morgan fingerprint density at radius 1 is 1.00 bits per heavy atom. The van der Waals surface area contributed by atoms with Gasteiger partial charge in [0.2, 0.25) is 0 Å². The van der Waals surface area contributed by atoms with Crippen LogP contribution in [-0.4, -0.2) is 22.8 Å². The molecular weight excluding hydrogens is 448 g/mol. The summed E-state index contributed by atoms with van der Waals surface area (Å²) in [6, 6.07) is 15.5. The summed E-state index contributed by atoms with van der Waals surface area (Å²) in [7, 11) is 1.81. The maximum Gasteiger partial charge on any atom is 0.254 e. The van der Waals surface area contributed by atoms with Crippen LogP contribution < -0.4 is 4.72 Å². The number of aromatic nitrogens is 1. The quantitative estimate of drug-likeness (QED) is 0.344. The fraction of sp³-hybridized carbons (Fsp3) is 0.0833. The van der Waals surface area contributed by atoms with Crippen molar-refractivity contribution in [3.8, 4) is 20.9 Å². The highest BCUT2D eigenvalue weighted by atomic mass is 32.2. The lowest BCUT2D eigenvalue weighted by molar-refractivity contribution is 0.0816. The summed E-state index contributed by atoms with van der Waals surface area (Å²) >= 11 is 2.67. The third-order valence-corrected chi connectivity index (χ3v) is 7.25. The first kappa shape index (κ1) is 20.7. The van der Waals surface area contributed by atoms with E-state index in [2.05, 4.69) is 9.71 Å². The molecule has 0 bridgehead atoms. The molecule has 5 rings (SSSR count). The predicted octanol–water partition coefficient (Wildman–Crippen LogP) is 6.46. The summed E-state index contributed by atoms with van der Waals surface area (Å²) in [6.45, 7) is 0.648. The zero-order valence-electron chi connectivity index (χ0n) is 16.9. The number of benzene rings is 2. The molecule has 0 aliphatic carbocycles. The van der Waals surface area contributed by atoms with Crippen molar-refractivity contribution in [2.45, 2.75) is 11.4 Å². The minimum atomic E-state index is -0.617. The van der Waals surface area contributed by atoms with E-state index in [0.717, 1.165) is 50.0 Å². The van der Waals surface area contributed by atoms with Crippen LogP contribution in [0.4, 0.5) is 14.5 Å². The van der Waals surface area contributed by atoms with Gasteiger partial charge < -0.3 is 9.62 Å². The minimum absolute atomic E-state index is 0.0525. The number of amides is 1. The number of fused-ring (bicyclic) bond motifs is 1. The van der Waals surface area contributed by atoms with Crippen LogP contribution in [0.1, 0.15) is 15.9 Å². The van der Waals surface area contributed by atoms with Crippen molar-refractivity contribution in [2.24, 2.45) is 0 Å². The second kappa shape index (κ2) is 8.37. The number of thiophene rings is 1. The summed E-state index contributed by atoms with van der Waals surface area (Å²) in [6.07, 6.45) is 3.42. The maximum absolute atomic E-state index is 13.9. The molecule has 0 saturated carbocycles. The second-order valence-corrected chi connectivity index (χ2v) is 9.37. The monoisotopic (exact) mass is 465 g/mol. The smallest absolute Gasteiger partial charge is 0.254 e. The van der Waals surface area contributed by atoms with E-state index in [0.29, 0.717) is 17.1 Å². The number of hydrogen-bond acceptors (Lipinski definition) is 5. The van der Waals surface area contributed by atoms with Gasteiger partial charge in [0.25, 0.3) is 5.91 Å². The lowest BCUT2D eigenvalue weighted by Gasteiger charge is -2.07. The number of hydrogen-bond donors (Lipinski definition) is 1. The Hall–Kier alpha value is -3.23. The van der Waals surface area contributed by atoms with Crippen molar-refractivity contribution in [1.29, 1.82) is 0 Å². The fourth-order valence-electron chi connectivity index (χ4n) is 3.55. The van der Waals surface area contributed by atoms with Gasteiger partial charge in [-0.15, -0.1) is 11.3 Å². The molecule has 1 aliphatic rings. The van der Waals surface area contributed by atoms with Gasteiger partial charge in [0.15, 0.2) is 0 Å². The fourth-order valence-corrected chi connectivity index (χ4v) is 5.17. The SMILES string of the molecule is CN1Cc2ccc(-c3ccc(-c4cncc(NSc5ccc(F)cc5F)c4)s3)cc2C1=O. The molecule has 0 saturated heterocycles. The molecule has 0 radical (unpaired) electrons. The van der Waals surface area contributed by atoms with Crippen molar-refractivity contribution >= 4 is 34.9 Å². The predicted molar refractivity (Wildman–Crippen MR) is 125 cm³/mol. The molecule has 2 aromatic heterocycles. The molecule has 0 spiro atoms. The van der Waals surface area contributed by atoms with Crippen LogP contribution >= 0.6 is 23.3 Å². The molecule has 1 aliphatic heterocycles. The summed E-state index contributed by atoms with van der Waals surface area (Å²) < 4.78 is 30.0. The normalized spacial score (nSPS) is 12.8. The molecular formula is C24H17F2N3OS2. The van der Waals surface area contributed by atoms with Crippen LogP contribution in [0, 0.1) is 11.6 Å². The van der Waals surface area contributed by atoms with E-state index in [4.69, 9.17) is 0 Å². The number of carbonyl (C=O) groups is 1. The highest BCUT2D eigenvalue weighted by Gasteiger charge is 2.24. The molecule has 1 amide bonds. The zero-order chi connectivity index (χ0) is 22.2. The van der Waals surface area contributed by atoms with Gasteiger partial charge in [-0.3, -0.25) is 9.78 Å². The number of halogens is 2. The van der Waals surface area contributed by atoms with E-state index in [9.17, 15) is 13.6 Å². The number of anilines is 1. The van der Waals surface area contributed by atoms with Crippen molar-refractivity contribution in [2.75, 3.05) is 11.8 Å². The lowest BCUT2D eigenvalue weighted by Crippen LogP contribution is -2.17. The van der Waals surface area contributed by atoms with Crippen LogP contribution in [0.2, 0.25) is 0 Å². The van der Waals surface area contributed by atoms with Crippen LogP contribution in [0.15, 0.2) is 71.9 Å². The number of carbonyl (C=O) groups excluding carboxylic acids is 1. The van der Waals surface area contributed by atoms with E-state index in [1.807, 2.05) is 43.4 Å². The molecule has 0 fully saturated rings. The van der Waals surface area contributed by atoms with E-state index >= 15 is 0 Å². The largest absolute Gasteiger partial charge is 0.337 e. The Kier molecular flexibility index (Phi) is 5.40. The topological polar surface area (TPSA) is 45.2 Å². The lowest BCUT2D eigenvalue weighted by atomic mass is 10.1. The standard InChI is InChI=1S/C24H17F2N3OS2/c1-29-13-15-3-2-14(9-19(15)24(29)30)21-6-7-22(31-21)16-8-18(12-27-11-16)28-32-23-5-4-17(25)10-20(23)26/h2-12,28H,13H2,1H3. The summed E-state index contributed by atoms with van der Waals surface area (Å²) in [4.78, 5) is 20.7. The van der Waals surface area contributed by atoms with Crippen molar-refractivity contribution in [3.05, 3.63) is 89.8 Å². The zero-order valence-corrected chi connectivity index (χ0v) is 18.6. The van der Waals surface area contributed by atoms with Gasteiger partial charge in [-0.2, -0.15) is 0 Å². The molecule has 0 atom stereocenters. The van der Waals surface area contributed by atoms with Crippen LogP contribution in [0.3, 0.4) is 0 Å². The summed E-state index contributed by atoms with van der Waals surface area (Å²) in [5, 5.41) is 0. The third-order valence-electron chi connectivity index (χ3n) is 5.18. The van der Waals surface area contributed by atoms with Crippen molar-refractivity contribution in [3.63, 3.8) is 0 Å². The summed E-state index contributed by atoms with van der Waals surface area (Å²) in [5.74, 6) is -1.17. The Labute approximate surface area is 192 Å². The van der Waals surface area contributed by atoms with Crippen LogP contribution in [0.25, 0.3) is 20.9 Å². The Bertz CT molecular complexity index is 1340. The third kappa shape index (κ3) is 3.99. The van der Waals surface area contributed by atoms with Crippen LogP contribution in [-0.2, 0) is 6.54 Å². The van der Waals surface area contributed by atoms with Gasteiger partial charge in [0, 0.05) is 46.7 Å². The van der Waals surface area contributed by atoms with Gasteiger partial charge in [-0.05, 0) is 59.5 Å². The first-order valence-corrected chi connectivity index (χ1v) is 11.4. The van der Waals surface area contributed by atoms with Gasteiger partial charge >= 0.3 is 0 Å². The Morgan fingerprint density at radius 3 is 2.62 bits per heavy atom. The number of pyridine rings is 1. The van der Waals surface area contributed by atoms with Crippen molar-refractivity contribution in [1.82, 2.24) is 9.88 Å². The average Bonchev–Trinajstić information content (AvgIpc) is 3.39. The molecule has 2 aromatic carbocycles. The Morgan fingerprint density at radius 2 is 1.81 bits per heavy atom. The van der Waals surface area contributed by atoms with Crippen LogP contribution in [0.5, 0.6) is 0 Å². The highest BCUT2D eigenvalue weighted by Crippen LogP contribution is 2.37. The second-order valence-electron chi connectivity index (χ2n) is 7.44. The number of nitrogens with one attached hydrogen (secondary N) is 1. The molecule has 3 heterocycles. The molecule has 32 heavy (non-hydrogen) atoms. The molecule has 0 unspecified atom stereocenters. The number of nitrogens with zero attached hydrogens (tertiary/aromatic N) is 2. The van der Waals surface area contributed by atoms with E-state index < -0.39 is 11.6 Å². The first-order chi connectivity index (χ1) is 15.5. The molecule has 160 valence electrons. The van der Waals surface area contributed by atoms with Gasteiger partial charge in [-0.1, -0.05) is 12.1 Å². The highest BCUT2D eigenvalue weighted by molar-refractivity contribution is 8.00. The van der Waals surface area contributed by atoms with Gasteiger partial charge in [0.1, 0.15) is 11.6 Å². The maximum atomic E-state index is 13.9. The molecule has 4 aromatic rings. The number of rotatable bonds is 5. The van der Waals surface area contributed by atoms with E-state index in [1.165, 1.54) is 12.1 Å². The van der Waals surface area contributed by atoms with Gasteiger partial charge in [0.05, 0.1) is 16.8 Å². The minimum Gasteiger partial charge on any atom is -0.337 e.